The highest BCUT2D eigenvalue weighted by molar-refractivity contribution is 7.15. The zero-order valence-corrected chi connectivity index (χ0v) is 11.9. The van der Waals surface area contributed by atoms with Crippen molar-refractivity contribution < 1.29 is 0 Å². The van der Waals surface area contributed by atoms with Crippen LogP contribution in [0.15, 0.2) is 24.0 Å². The Bertz CT molecular complexity index is 679. The first-order valence-electron chi connectivity index (χ1n) is 6.87. The maximum absolute atomic E-state index is 4.55. The first-order chi connectivity index (χ1) is 9.87. The Hall–Kier alpha value is -1.73. The zero-order valence-electron chi connectivity index (χ0n) is 11.1. The Labute approximate surface area is 120 Å². The number of fused-ring (bicyclic) bond motifs is 1. The molecule has 1 aliphatic rings. The summed E-state index contributed by atoms with van der Waals surface area (Å²) in [6.07, 6.45) is 8.80. The standard InChI is InChI=1S/C13H16N6S/c1-2-10(1)5-14-6-11-8-19(17-16-11)9-12-7-18-3-4-20-13(18)15-12/h3-4,7-8,10,14H,1-2,5-6,9H2. The SMILES string of the molecule is c1cn2cc(Cn3cc(CNCC4CC4)nn3)nc2s1. The average Bonchev–Trinajstić information content (AvgIpc) is 2.82. The van der Waals surface area contributed by atoms with Crippen molar-refractivity contribution in [2.24, 2.45) is 5.92 Å². The van der Waals surface area contributed by atoms with E-state index >= 15 is 0 Å². The minimum atomic E-state index is 0.671. The summed E-state index contributed by atoms with van der Waals surface area (Å²) in [5.74, 6) is 0.892. The van der Waals surface area contributed by atoms with Crippen LogP contribution in [-0.2, 0) is 13.1 Å². The second-order valence-electron chi connectivity index (χ2n) is 5.31. The van der Waals surface area contributed by atoms with Gasteiger partial charge in [0.05, 0.1) is 24.1 Å². The molecule has 1 N–H and O–H groups in total. The van der Waals surface area contributed by atoms with Crippen LogP contribution in [0.5, 0.6) is 0 Å². The van der Waals surface area contributed by atoms with Gasteiger partial charge in [-0.25, -0.2) is 9.67 Å². The monoisotopic (exact) mass is 288 g/mol. The molecule has 0 aliphatic heterocycles. The van der Waals surface area contributed by atoms with Gasteiger partial charge in [-0.2, -0.15) is 0 Å². The first kappa shape index (κ1) is 12.0. The van der Waals surface area contributed by atoms with E-state index in [-0.39, 0.29) is 0 Å². The van der Waals surface area contributed by atoms with E-state index in [1.807, 2.05) is 33.1 Å². The van der Waals surface area contributed by atoms with E-state index in [1.165, 1.54) is 12.8 Å². The topological polar surface area (TPSA) is 60.0 Å². The maximum atomic E-state index is 4.55. The third-order valence-corrected chi connectivity index (χ3v) is 4.26. The average molecular weight is 288 g/mol. The fourth-order valence-electron chi connectivity index (χ4n) is 2.24. The summed E-state index contributed by atoms with van der Waals surface area (Å²) < 4.78 is 3.88. The molecule has 3 heterocycles. The van der Waals surface area contributed by atoms with Crippen LogP contribution >= 0.6 is 11.3 Å². The fourth-order valence-corrected chi connectivity index (χ4v) is 2.96. The smallest absolute Gasteiger partial charge is 0.193 e. The summed E-state index contributed by atoms with van der Waals surface area (Å²) in [5.41, 5.74) is 2.01. The van der Waals surface area contributed by atoms with E-state index < -0.39 is 0 Å². The van der Waals surface area contributed by atoms with Gasteiger partial charge in [-0.15, -0.1) is 16.4 Å². The molecule has 1 saturated carbocycles. The number of nitrogens with one attached hydrogen (secondary N) is 1. The van der Waals surface area contributed by atoms with Crippen molar-refractivity contribution in [3.05, 3.63) is 35.4 Å². The lowest BCUT2D eigenvalue weighted by molar-refractivity contribution is 0.626. The van der Waals surface area contributed by atoms with E-state index in [1.54, 1.807) is 11.3 Å². The highest BCUT2D eigenvalue weighted by atomic mass is 32.1. The lowest BCUT2D eigenvalue weighted by Crippen LogP contribution is -2.16. The van der Waals surface area contributed by atoms with Gasteiger partial charge < -0.3 is 5.32 Å². The molecule has 0 bridgehead atoms. The third-order valence-electron chi connectivity index (χ3n) is 3.49. The van der Waals surface area contributed by atoms with Gasteiger partial charge in [-0.1, -0.05) is 5.21 Å². The Balaban J connectivity index is 1.38. The van der Waals surface area contributed by atoms with Crippen LogP contribution in [0.4, 0.5) is 0 Å². The Morgan fingerprint density at radius 2 is 2.25 bits per heavy atom. The predicted molar refractivity (Wildman–Crippen MR) is 76.6 cm³/mol. The molecular formula is C13H16N6S. The van der Waals surface area contributed by atoms with Crippen LogP contribution in [0, 0.1) is 5.92 Å². The molecule has 3 aromatic heterocycles. The van der Waals surface area contributed by atoms with Crippen LogP contribution in [-0.4, -0.2) is 30.9 Å². The van der Waals surface area contributed by atoms with Crippen LogP contribution in [0.3, 0.4) is 0 Å². The molecule has 0 aromatic carbocycles. The van der Waals surface area contributed by atoms with E-state index in [9.17, 15) is 0 Å². The van der Waals surface area contributed by atoms with Gasteiger partial charge in [0.1, 0.15) is 0 Å². The molecular weight excluding hydrogens is 272 g/mol. The first-order valence-corrected chi connectivity index (χ1v) is 7.75. The molecule has 1 fully saturated rings. The summed E-state index contributed by atoms with van der Waals surface area (Å²) in [6.45, 7) is 2.57. The highest BCUT2D eigenvalue weighted by Crippen LogP contribution is 2.27. The molecule has 0 unspecified atom stereocenters. The van der Waals surface area contributed by atoms with Crippen LogP contribution in [0.25, 0.3) is 4.96 Å². The number of hydrogen-bond acceptors (Lipinski definition) is 5. The minimum absolute atomic E-state index is 0.671. The normalized spacial score (nSPS) is 15.2. The molecule has 104 valence electrons. The molecule has 6 nitrogen and oxygen atoms in total. The summed E-state index contributed by atoms with van der Waals surface area (Å²) in [7, 11) is 0. The lowest BCUT2D eigenvalue weighted by atomic mass is 10.4. The maximum Gasteiger partial charge on any atom is 0.193 e. The fraction of sp³-hybridized carbons (Fsp3) is 0.462. The molecule has 0 spiro atoms. The van der Waals surface area contributed by atoms with Gasteiger partial charge in [0.2, 0.25) is 0 Å². The van der Waals surface area contributed by atoms with Gasteiger partial charge in [-0.05, 0) is 25.3 Å². The number of imidazole rings is 1. The van der Waals surface area contributed by atoms with Gasteiger partial charge in [0.25, 0.3) is 0 Å². The van der Waals surface area contributed by atoms with Gasteiger partial charge in [0, 0.05) is 24.3 Å². The van der Waals surface area contributed by atoms with Crippen molar-refractivity contribution >= 4 is 16.3 Å². The van der Waals surface area contributed by atoms with Crippen LogP contribution < -0.4 is 5.32 Å². The number of thiazole rings is 1. The van der Waals surface area contributed by atoms with Gasteiger partial charge >= 0.3 is 0 Å². The number of rotatable bonds is 6. The molecule has 0 atom stereocenters. The Morgan fingerprint density at radius 1 is 1.30 bits per heavy atom. The quantitative estimate of drug-likeness (QED) is 0.747. The second kappa shape index (κ2) is 4.99. The minimum Gasteiger partial charge on any atom is -0.311 e. The third kappa shape index (κ3) is 2.59. The molecule has 0 radical (unpaired) electrons. The lowest BCUT2D eigenvalue weighted by Gasteiger charge is -1.98. The van der Waals surface area contributed by atoms with Gasteiger partial charge in [0.15, 0.2) is 4.96 Å². The van der Waals surface area contributed by atoms with Crippen molar-refractivity contribution in [1.29, 1.82) is 0 Å². The van der Waals surface area contributed by atoms with Crippen molar-refractivity contribution in [3.8, 4) is 0 Å². The molecule has 20 heavy (non-hydrogen) atoms. The zero-order chi connectivity index (χ0) is 13.4. The summed E-state index contributed by atoms with van der Waals surface area (Å²) in [4.78, 5) is 5.57. The van der Waals surface area contributed by atoms with Crippen LogP contribution in [0.1, 0.15) is 24.2 Å². The van der Waals surface area contributed by atoms with Crippen molar-refractivity contribution in [2.75, 3.05) is 6.54 Å². The molecule has 3 aromatic rings. The summed E-state index contributed by atoms with van der Waals surface area (Å²) in [5, 5.41) is 13.8. The molecule has 4 rings (SSSR count). The van der Waals surface area contributed by atoms with Crippen molar-refractivity contribution in [2.45, 2.75) is 25.9 Å². The number of nitrogens with zero attached hydrogens (tertiary/aromatic N) is 5. The Kier molecular flexibility index (Phi) is 3.00. The summed E-state index contributed by atoms with van der Waals surface area (Å²) >= 11 is 1.64. The van der Waals surface area contributed by atoms with Crippen molar-refractivity contribution in [1.82, 2.24) is 29.7 Å². The molecule has 0 saturated heterocycles. The second-order valence-corrected chi connectivity index (χ2v) is 6.18. The summed E-state index contributed by atoms with van der Waals surface area (Å²) in [6, 6.07) is 0. The number of hydrogen-bond donors (Lipinski definition) is 1. The predicted octanol–water partition coefficient (Wildman–Crippen LogP) is 1.54. The molecule has 0 amide bonds. The Morgan fingerprint density at radius 3 is 3.10 bits per heavy atom. The largest absolute Gasteiger partial charge is 0.311 e. The van der Waals surface area contributed by atoms with Crippen molar-refractivity contribution in [3.63, 3.8) is 0 Å². The van der Waals surface area contributed by atoms with E-state index in [0.29, 0.717) is 6.54 Å². The van der Waals surface area contributed by atoms with Crippen LogP contribution in [0.2, 0.25) is 0 Å². The number of aromatic nitrogens is 5. The van der Waals surface area contributed by atoms with E-state index in [0.717, 1.165) is 35.4 Å². The van der Waals surface area contributed by atoms with Gasteiger partial charge in [-0.3, -0.25) is 4.40 Å². The molecule has 7 heteroatoms. The molecule has 1 aliphatic carbocycles. The highest BCUT2D eigenvalue weighted by Gasteiger charge is 2.20. The van der Waals surface area contributed by atoms with E-state index in [2.05, 4.69) is 20.6 Å². The van der Waals surface area contributed by atoms with E-state index in [4.69, 9.17) is 0 Å².